The second-order valence-electron chi connectivity index (χ2n) is 23.8. The molecule has 1 saturated heterocycles. The van der Waals surface area contributed by atoms with Gasteiger partial charge >= 0.3 is 17.9 Å². The number of guanidine groups is 1. The van der Waals surface area contributed by atoms with Crippen molar-refractivity contribution in [2.24, 2.45) is 58.1 Å². The van der Waals surface area contributed by atoms with Crippen LogP contribution in [0.3, 0.4) is 0 Å². The van der Waals surface area contributed by atoms with Crippen molar-refractivity contribution in [2.75, 3.05) is 13.6 Å². The Morgan fingerprint density at radius 2 is 1.36 bits per heavy atom. The number of esters is 2. The van der Waals surface area contributed by atoms with Crippen molar-refractivity contribution in [3.63, 3.8) is 0 Å². The van der Waals surface area contributed by atoms with Gasteiger partial charge in [0.05, 0.1) is 67.0 Å². The van der Waals surface area contributed by atoms with Crippen LogP contribution in [0.4, 0.5) is 0 Å². The molecule has 0 aromatic rings. The van der Waals surface area contributed by atoms with Gasteiger partial charge < -0.3 is 86.5 Å². The second kappa shape index (κ2) is 36.9. The summed E-state index contributed by atoms with van der Waals surface area (Å²) in [6.07, 6.45) is -2.01. The Bertz CT molecular complexity index is 1910. The van der Waals surface area contributed by atoms with Crippen LogP contribution in [0.1, 0.15) is 165 Å². The highest BCUT2D eigenvalue weighted by Crippen LogP contribution is 2.36. The third kappa shape index (κ3) is 26.3. The molecule has 22 unspecified atom stereocenters. The molecule has 0 radical (unpaired) electrons. The Kier molecular flexibility index (Phi) is 33.4. The number of nitrogens with two attached hydrogens (primary N) is 1. The highest BCUT2D eigenvalue weighted by Gasteiger charge is 2.50. The van der Waals surface area contributed by atoms with Crippen LogP contribution < -0.4 is 11.1 Å². The van der Waals surface area contributed by atoms with Gasteiger partial charge in [0, 0.05) is 57.0 Å². The summed E-state index contributed by atoms with van der Waals surface area (Å²) >= 11 is 0. The van der Waals surface area contributed by atoms with E-state index in [-0.39, 0.29) is 69.1 Å². The topological polar surface area (TPSA) is 372 Å². The average Bonchev–Trinajstić information content (AvgIpc) is 3.38. The van der Waals surface area contributed by atoms with Crippen molar-refractivity contribution < 1.29 is 89.9 Å². The van der Waals surface area contributed by atoms with Gasteiger partial charge in [-0.05, 0) is 101 Å². The first-order valence-corrected chi connectivity index (χ1v) is 29.3. The van der Waals surface area contributed by atoms with Crippen LogP contribution in [-0.2, 0) is 28.6 Å². The normalized spacial score (nSPS) is 38.7. The van der Waals surface area contributed by atoms with Gasteiger partial charge in [0.25, 0.3) is 0 Å². The molecule has 80 heavy (non-hydrogen) atoms. The first kappa shape index (κ1) is 72.5. The van der Waals surface area contributed by atoms with Crippen LogP contribution in [0.5, 0.6) is 0 Å². The maximum atomic E-state index is 13.9. The van der Waals surface area contributed by atoms with E-state index in [4.69, 9.17) is 19.9 Å². The van der Waals surface area contributed by atoms with Crippen LogP contribution in [0.25, 0.3) is 0 Å². The number of ether oxygens (including phenoxy) is 3. The number of carbonyl (C=O) groups excluding carboxylic acids is 2. The summed E-state index contributed by atoms with van der Waals surface area (Å²) in [6.45, 7) is 15.0. The Morgan fingerprint density at radius 1 is 0.762 bits per heavy atom. The van der Waals surface area contributed by atoms with E-state index in [2.05, 4.69) is 29.4 Å². The first-order chi connectivity index (χ1) is 37.5. The summed E-state index contributed by atoms with van der Waals surface area (Å²) in [6, 6.07) is 0. The fraction of sp³-hybridized carbons (Fsp3) is 0.831. The van der Waals surface area contributed by atoms with E-state index < -0.39 is 145 Å². The van der Waals surface area contributed by atoms with E-state index in [1.807, 2.05) is 19.9 Å². The number of unbranched alkanes of at least 4 members (excludes halogenated alkanes) is 2. The second-order valence-corrected chi connectivity index (χ2v) is 23.8. The molecular formula is C59H105N3O18. The van der Waals surface area contributed by atoms with Crippen molar-refractivity contribution >= 4 is 23.9 Å². The Balaban J connectivity index is 2.42. The molecule has 0 spiro atoms. The fourth-order valence-electron chi connectivity index (χ4n) is 10.7. The molecule has 0 aliphatic carbocycles. The van der Waals surface area contributed by atoms with Gasteiger partial charge in [-0.2, -0.15) is 0 Å². The number of carboxylic acids is 1. The molecule has 2 bridgehead atoms. The number of nitrogens with one attached hydrogen (secondary N) is 1. The standard InChI is InChI=1S/C59H105N3O18/c1-34(18-14-12-10-11-13-17-25-62-58(60)61-9)26-38(5)55-37(4)19-15-16-20-45(64)39(6)49(68)29-43(78-54(74)32-53(72)73)27-42(63)28-44-30-51(70)56(75)59(77,80-44)33-52(71)36(3)22-23-46(65)40(7)50(69)31-48(67)35(2)21-24-47(66)41(8)57(76)79-55/h10-11,15-16,19-20,34-52,55-56,63-71,75,77H,12-14,17-18,21-33H2,1-9H3,(H,72,73)(H3,60,61,62)/b11-10+,19-15-,20-16+. The summed E-state index contributed by atoms with van der Waals surface area (Å²) in [5.41, 5.74) is 5.69. The van der Waals surface area contributed by atoms with E-state index in [1.54, 1.807) is 53.8 Å². The van der Waals surface area contributed by atoms with Gasteiger partial charge in [-0.25, -0.2) is 0 Å². The lowest BCUT2D eigenvalue weighted by molar-refractivity contribution is -0.333. The number of rotatable bonds is 14. The Labute approximate surface area is 475 Å². The largest absolute Gasteiger partial charge is 0.481 e. The third-order valence-electron chi connectivity index (χ3n) is 16.6. The number of hydrogen-bond donors (Lipinski definition) is 14. The van der Waals surface area contributed by atoms with Crippen LogP contribution in [0.2, 0.25) is 0 Å². The van der Waals surface area contributed by atoms with Crippen LogP contribution in [0.15, 0.2) is 41.4 Å². The molecule has 0 aromatic carbocycles. The number of fused-ring (bicyclic) bond motifs is 2. The van der Waals surface area contributed by atoms with Gasteiger partial charge in [0.15, 0.2) is 11.7 Å². The number of aliphatic carboxylic acids is 1. The van der Waals surface area contributed by atoms with E-state index in [1.165, 1.54) is 6.08 Å². The molecule has 15 N–H and O–H groups in total. The number of carbonyl (C=O) groups is 3. The number of allylic oxidation sites excluding steroid dienone is 4. The zero-order valence-electron chi connectivity index (χ0n) is 49.2. The summed E-state index contributed by atoms with van der Waals surface area (Å²) < 4.78 is 17.5. The predicted molar refractivity (Wildman–Crippen MR) is 302 cm³/mol. The minimum Gasteiger partial charge on any atom is -0.481 e. The predicted octanol–water partition coefficient (Wildman–Crippen LogP) is 3.53. The monoisotopic (exact) mass is 1140 g/mol. The smallest absolute Gasteiger partial charge is 0.317 e. The Morgan fingerprint density at radius 3 is 2.00 bits per heavy atom. The molecule has 21 nitrogen and oxygen atoms in total. The van der Waals surface area contributed by atoms with Crippen molar-refractivity contribution in [2.45, 2.75) is 250 Å². The molecule has 0 aromatic heterocycles. The zero-order chi connectivity index (χ0) is 60.4. The minimum absolute atomic E-state index is 0.0821. The molecule has 1 fully saturated rings. The minimum atomic E-state index is -2.49. The molecule has 22 atom stereocenters. The third-order valence-corrected chi connectivity index (χ3v) is 16.6. The quantitative estimate of drug-likeness (QED) is 0.0295. The number of carboxylic acid groups (broad SMARTS) is 1. The van der Waals surface area contributed by atoms with Gasteiger partial charge in [-0.15, -0.1) is 0 Å². The number of aliphatic hydroxyl groups is 11. The zero-order valence-corrected chi connectivity index (χ0v) is 49.2. The molecule has 0 saturated carbocycles. The Hall–Kier alpha value is -3.58. The summed E-state index contributed by atoms with van der Waals surface area (Å²) in [7, 11) is 1.63. The lowest BCUT2D eigenvalue weighted by Crippen LogP contribution is -2.59. The molecule has 2 rings (SSSR count). The molecule has 2 aliphatic rings. The number of nitrogens with zero attached hydrogens (tertiary/aromatic N) is 1. The summed E-state index contributed by atoms with van der Waals surface area (Å²) in [5, 5.41) is 135. The molecule has 21 heteroatoms. The molecular weight excluding hydrogens is 1040 g/mol. The molecule has 2 aliphatic heterocycles. The molecule has 464 valence electrons. The van der Waals surface area contributed by atoms with Gasteiger partial charge in [-0.3, -0.25) is 19.4 Å². The lowest BCUT2D eigenvalue weighted by Gasteiger charge is -2.45. The van der Waals surface area contributed by atoms with Gasteiger partial charge in [0.1, 0.15) is 24.7 Å². The molecule has 2 heterocycles. The van der Waals surface area contributed by atoms with Crippen LogP contribution in [-0.4, -0.2) is 184 Å². The fourth-order valence-corrected chi connectivity index (χ4v) is 10.7. The average molecular weight is 1140 g/mol. The highest BCUT2D eigenvalue weighted by atomic mass is 16.7. The first-order valence-electron chi connectivity index (χ1n) is 29.3. The van der Waals surface area contributed by atoms with Crippen LogP contribution in [0, 0.1) is 47.3 Å². The number of cyclic esters (lactones) is 1. The van der Waals surface area contributed by atoms with Crippen LogP contribution >= 0.6 is 0 Å². The lowest BCUT2D eigenvalue weighted by atomic mass is 9.83. The summed E-state index contributed by atoms with van der Waals surface area (Å²) in [5.74, 6) is -9.00. The van der Waals surface area contributed by atoms with Crippen molar-refractivity contribution in [1.29, 1.82) is 0 Å². The maximum absolute atomic E-state index is 13.9. The number of aliphatic hydroxyl groups excluding tert-OH is 10. The SMILES string of the molecule is CN=C(N)NCCC/C=C/CCCC(C)CC(C)C1OC(=O)C(C)C(O)CCC(C)C(O)CC(O)C(C)C(O)CCC(C)C(O)CC2(O)OC(CC(O)CC(OC(=O)CC(=O)O)CC(O)C(C)C(O)/C=C/C=C\C1C)CC(O)C2O. The van der Waals surface area contributed by atoms with E-state index in [0.29, 0.717) is 12.4 Å². The molecule has 0 amide bonds. The van der Waals surface area contributed by atoms with Crippen molar-refractivity contribution in [3.8, 4) is 0 Å². The van der Waals surface area contributed by atoms with Crippen molar-refractivity contribution in [3.05, 3.63) is 36.5 Å². The van der Waals surface area contributed by atoms with Crippen molar-refractivity contribution in [1.82, 2.24) is 5.32 Å². The summed E-state index contributed by atoms with van der Waals surface area (Å²) in [4.78, 5) is 41.8. The number of aliphatic imine (C=N–C) groups is 1. The number of hydrogen-bond acceptors (Lipinski definition) is 18. The highest BCUT2D eigenvalue weighted by molar-refractivity contribution is 5.90. The van der Waals surface area contributed by atoms with Gasteiger partial charge in [-0.1, -0.05) is 91.3 Å². The van der Waals surface area contributed by atoms with E-state index in [0.717, 1.165) is 45.1 Å². The van der Waals surface area contributed by atoms with E-state index in [9.17, 15) is 75.7 Å². The van der Waals surface area contributed by atoms with E-state index >= 15 is 0 Å². The van der Waals surface area contributed by atoms with Gasteiger partial charge in [0.2, 0.25) is 0 Å². The maximum Gasteiger partial charge on any atom is 0.317 e.